The summed E-state index contributed by atoms with van der Waals surface area (Å²) >= 11 is 5.33. The van der Waals surface area contributed by atoms with Gasteiger partial charge in [-0.25, -0.2) is 8.78 Å². The second kappa shape index (κ2) is 4.91. The first-order chi connectivity index (χ1) is 7.74. The van der Waals surface area contributed by atoms with Crippen molar-refractivity contribution in [3.63, 3.8) is 0 Å². The summed E-state index contributed by atoms with van der Waals surface area (Å²) in [4.78, 5) is 3.24. The Morgan fingerprint density at radius 1 is 1.35 bits per heavy atom. The Kier molecular flexibility index (Phi) is 3.97. The van der Waals surface area contributed by atoms with Crippen LogP contribution in [0.3, 0.4) is 0 Å². The van der Waals surface area contributed by atoms with Crippen LogP contribution in [-0.4, -0.2) is 18.5 Å². The molecule has 0 aliphatic carbocycles. The van der Waals surface area contributed by atoms with Crippen molar-refractivity contribution in [1.82, 2.24) is 4.98 Å². The molecule has 0 unspecified atom stereocenters. The molecule has 0 aliphatic heterocycles. The molecule has 0 radical (unpaired) electrons. The second-order valence-electron chi connectivity index (χ2n) is 2.72. The number of pyridine rings is 1. The quantitative estimate of drug-likeness (QED) is 0.625. The van der Waals surface area contributed by atoms with Crippen molar-refractivity contribution in [3.8, 4) is 11.6 Å². The molecule has 9 heteroatoms. The van der Waals surface area contributed by atoms with Gasteiger partial charge < -0.3 is 9.47 Å². The van der Waals surface area contributed by atoms with Gasteiger partial charge in [-0.05, 0) is 6.07 Å². The Bertz CT molecular complexity index is 410. The molecule has 0 amide bonds. The van der Waals surface area contributed by atoms with Crippen LogP contribution in [0, 0.1) is 0 Å². The van der Waals surface area contributed by atoms with Crippen molar-refractivity contribution in [2.24, 2.45) is 0 Å². The molecule has 0 N–H and O–H groups in total. The lowest BCUT2D eigenvalue weighted by Crippen LogP contribution is -2.18. The average Bonchev–Trinajstić information content (AvgIpc) is 2.18. The third kappa shape index (κ3) is 3.58. The van der Waals surface area contributed by atoms with E-state index in [0.717, 1.165) is 7.11 Å². The van der Waals surface area contributed by atoms with Crippen molar-refractivity contribution >= 4 is 11.6 Å². The van der Waals surface area contributed by atoms with E-state index in [-0.39, 0.29) is 0 Å². The predicted octanol–water partition coefficient (Wildman–Crippen LogP) is 3.58. The Morgan fingerprint density at radius 3 is 2.35 bits per heavy atom. The summed E-state index contributed by atoms with van der Waals surface area (Å²) in [5, 5.41) is -0.719. The highest BCUT2D eigenvalue weighted by Crippen LogP contribution is 2.36. The minimum Gasteiger partial charge on any atom is -0.481 e. The molecule has 3 nitrogen and oxygen atoms in total. The fourth-order valence-corrected chi connectivity index (χ4v) is 1.16. The maximum Gasteiger partial charge on any atom is 0.573 e. The van der Waals surface area contributed by atoms with Gasteiger partial charge in [-0.15, -0.1) is 13.2 Å². The summed E-state index contributed by atoms with van der Waals surface area (Å²) in [5.74, 6) is -1.56. The number of hydrogen-bond acceptors (Lipinski definition) is 3. The van der Waals surface area contributed by atoms with E-state index in [4.69, 9.17) is 11.6 Å². The molecule has 1 rings (SSSR count). The van der Waals surface area contributed by atoms with Crippen molar-refractivity contribution < 1.29 is 31.4 Å². The number of hydrogen-bond donors (Lipinski definition) is 0. The number of aromatic nitrogens is 1. The number of alkyl halides is 5. The molecule has 1 aromatic rings. The Labute approximate surface area is 97.1 Å². The zero-order valence-corrected chi connectivity index (χ0v) is 8.94. The van der Waals surface area contributed by atoms with Crippen molar-refractivity contribution in [2.75, 3.05) is 7.11 Å². The summed E-state index contributed by atoms with van der Waals surface area (Å²) in [7, 11) is 1.04. The van der Waals surface area contributed by atoms with Gasteiger partial charge in [-0.1, -0.05) is 11.6 Å². The first-order valence-electron chi connectivity index (χ1n) is 4.03. The molecule has 96 valence electrons. The minimum absolute atomic E-state index is 0.437. The zero-order valence-electron chi connectivity index (χ0n) is 8.19. The van der Waals surface area contributed by atoms with Crippen LogP contribution >= 0.6 is 11.6 Å². The number of rotatable bonds is 3. The highest BCUT2D eigenvalue weighted by molar-refractivity contribution is 6.30. The van der Waals surface area contributed by atoms with Gasteiger partial charge in [0.2, 0.25) is 5.88 Å². The van der Waals surface area contributed by atoms with Crippen molar-refractivity contribution in [1.29, 1.82) is 0 Å². The first-order valence-corrected chi connectivity index (χ1v) is 4.40. The van der Waals surface area contributed by atoms with Crippen LogP contribution in [0.1, 0.15) is 12.0 Å². The molecule has 17 heavy (non-hydrogen) atoms. The van der Waals surface area contributed by atoms with Crippen LogP contribution in [0.4, 0.5) is 22.0 Å². The number of halogens is 6. The van der Waals surface area contributed by atoms with Gasteiger partial charge in [0.05, 0.1) is 12.7 Å². The molecule has 1 aromatic heterocycles. The van der Waals surface area contributed by atoms with Crippen LogP contribution in [0.25, 0.3) is 0 Å². The molecule has 0 saturated heterocycles. The molecule has 0 spiro atoms. The maximum absolute atomic E-state index is 12.5. The topological polar surface area (TPSA) is 31.4 Å². The summed E-state index contributed by atoms with van der Waals surface area (Å²) in [6, 6.07) is 0.437. The largest absolute Gasteiger partial charge is 0.573 e. The first kappa shape index (κ1) is 13.8. The standard InChI is InChI=1S/C8H5ClF5NO2/c1-16-7-3(6(10)11)2-4(5(9)15-7)17-8(12,13)14/h2,6H,1H3. The maximum atomic E-state index is 12.5. The summed E-state index contributed by atoms with van der Waals surface area (Å²) in [6.07, 6.45) is -8.11. The lowest BCUT2D eigenvalue weighted by Gasteiger charge is -2.13. The lowest BCUT2D eigenvalue weighted by molar-refractivity contribution is -0.274. The second-order valence-corrected chi connectivity index (χ2v) is 3.08. The molecule has 0 aromatic carbocycles. The van der Waals surface area contributed by atoms with E-state index in [9.17, 15) is 22.0 Å². The molecule has 0 saturated carbocycles. The monoisotopic (exact) mass is 277 g/mol. The van der Waals surface area contributed by atoms with Gasteiger partial charge in [-0.3, -0.25) is 0 Å². The van der Waals surface area contributed by atoms with Crippen LogP contribution in [0.5, 0.6) is 11.6 Å². The van der Waals surface area contributed by atoms with Crippen LogP contribution in [-0.2, 0) is 0 Å². The highest BCUT2D eigenvalue weighted by Gasteiger charge is 2.33. The molecular weight excluding hydrogens is 273 g/mol. The molecule has 1 heterocycles. The van der Waals surface area contributed by atoms with Gasteiger partial charge in [0, 0.05) is 0 Å². The summed E-state index contributed by atoms with van der Waals surface area (Å²) in [5.41, 5.74) is -0.837. The third-order valence-corrected chi connectivity index (χ3v) is 1.86. The Balaban J connectivity index is 3.20. The van der Waals surface area contributed by atoms with Gasteiger partial charge >= 0.3 is 6.36 Å². The molecule has 0 fully saturated rings. The van der Waals surface area contributed by atoms with Gasteiger partial charge in [0.15, 0.2) is 10.9 Å². The smallest absolute Gasteiger partial charge is 0.481 e. The van der Waals surface area contributed by atoms with E-state index in [1.807, 2.05) is 0 Å². The van der Waals surface area contributed by atoms with Gasteiger partial charge in [-0.2, -0.15) is 4.98 Å². The number of methoxy groups -OCH3 is 1. The number of nitrogens with zero attached hydrogens (tertiary/aromatic N) is 1. The van der Waals surface area contributed by atoms with Crippen molar-refractivity contribution in [3.05, 3.63) is 16.8 Å². The molecular formula is C8H5ClF5NO2. The van der Waals surface area contributed by atoms with Gasteiger partial charge in [0.25, 0.3) is 6.43 Å². The Morgan fingerprint density at radius 2 is 1.94 bits per heavy atom. The fraction of sp³-hybridized carbons (Fsp3) is 0.375. The van der Waals surface area contributed by atoms with Crippen LogP contribution in [0.15, 0.2) is 6.07 Å². The van der Waals surface area contributed by atoms with E-state index in [1.54, 1.807) is 0 Å². The minimum atomic E-state index is -5.04. The zero-order chi connectivity index (χ0) is 13.2. The average molecular weight is 278 g/mol. The summed E-state index contributed by atoms with van der Waals surface area (Å²) < 4.78 is 68.5. The highest BCUT2D eigenvalue weighted by atomic mass is 35.5. The van der Waals surface area contributed by atoms with Crippen LogP contribution in [0.2, 0.25) is 5.15 Å². The summed E-state index contributed by atoms with van der Waals surface area (Å²) in [6.45, 7) is 0. The Hall–Kier alpha value is -1.31. The molecule has 0 bridgehead atoms. The third-order valence-electron chi connectivity index (χ3n) is 1.59. The number of ether oxygens (including phenoxy) is 2. The normalized spacial score (nSPS) is 11.8. The van der Waals surface area contributed by atoms with E-state index < -0.39 is 35.1 Å². The lowest BCUT2D eigenvalue weighted by atomic mass is 10.2. The molecule has 0 atom stereocenters. The van der Waals surface area contributed by atoms with Crippen molar-refractivity contribution in [2.45, 2.75) is 12.8 Å². The van der Waals surface area contributed by atoms with E-state index in [0.29, 0.717) is 6.07 Å². The fourth-order valence-electron chi connectivity index (χ4n) is 0.987. The molecule has 0 aliphatic rings. The van der Waals surface area contributed by atoms with E-state index in [2.05, 4.69) is 14.5 Å². The SMILES string of the molecule is COc1nc(Cl)c(OC(F)(F)F)cc1C(F)F. The van der Waals surface area contributed by atoms with Crippen LogP contribution < -0.4 is 9.47 Å². The van der Waals surface area contributed by atoms with E-state index in [1.165, 1.54) is 0 Å². The predicted molar refractivity (Wildman–Crippen MR) is 47.4 cm³/mol. The van der Waals surface area contributed by atoms with Gasteiger partial charge in [0.1, 0.15) is 0 Å². The van der Waals surface area contributed by atoms with E-state index >= 15 is 0 Å².